The van der Waals surface area contributed by atoms with Crippen molar-refractivity contribution in [2.24, 2.45) is 0 Å². The summed E-state index contributed by atoms with van der Waals surface area (Å²) in [6, 6.07) is 9.10. The SMILES string of the molecule is CNCCC1(c2ccc(I)cc2)CCC1.Cl. The summed E-state index contributed by atoms with van der Waals surface area (Å²) in [6.45, 7) is 1.13. The van der Waals surface area contributed by atoms with Gasteiger partial charge < -0.3 is 5.32 Å². The maximum absolute atomic E-state index is 3.27. The highest BCUT2D eigenvalue weighted by Gasteiger charge is 2.37. The zero-order valence-electron chi connectivity index (χ0n) is 9.63. The number of halogens is 2. The van der Waals surface area contributed by atoms with E-state index < -0.39 is 0 Å². The van der Waals surface area contributed by atoms with E-state index in [0.29, 0.717) is 5.41 Å². The van der Waals surface area contributed by atoms with Gasteiger partial charge in [0.1, 0.15) is 0 Å². The Balaban J connectivity index is 0.00000128. The Bertz CT molecular complexity index is 319. The Labute approximate surface area is 118 Å². The Morgan fingerprint density at radius 2 is 1.88 bits per heavy atom. The van der Waals surface area contributed by atoms with Gasteiger partial charge in [0.05, 0.1) is 0 Å². The molecule has 2 rings (SSSR count). The van der Waals surface area contributed by atoms with E-state index in [0.717, 1.165) is 6.54 Å². The van der Waals surface area contributed by atoms with Gasteiger partial charge in [-0.15, -0.1) is 12.4 Å². The lowest BCUT2D eigenvalue weighted by atomic mass is 9.62. The Kier molecular flexibility index (Phi) is 5.54. The van der Waals surface area contributed by atoms with E-state index in [-0.39, 0.29) is 12.4 Å². The van der Waals surface area contributed by atoms with Crippen LogP contribution in [0.5, 0.6) is 0 Å². The van der Waals surface area contributed by atoms with Gasteiger partial charge in [0.15, 0.2) is 0 Å². The summed E-state index contributed by atoms with van der Waals surface area (Å²) in [7, 11) is 2.04. The van der Waals surface area contributed by atoms with Crippen molar-refractivity contribution in [1.29, 1.82) is 0 Å². The van der Waals surface area contributed by atoms with Crippen LogP contribution in [0, 0.1) is 3.57 Å². The highest BCUT2D eigenvalue weighted by molar-refractivity contribution is 14.1. The zero-order chi connectivity index (χ0) is 10.7. The van der Waals surface area contributed by atoms with Crippen LogP contribution in [0.2, 0.25) is 0 Å². The molecule has 1 aromatic carbocycles. The fraction of sp³-hybridized carbons (Fsp3) is 0.538. The monoisotopic (exact) mass is 351 g/mol. The third-order valence-corrected chi connectivity index (χ3v) is 4.34. The molecule has 1 nitrogen and oxygen atoms in total. The molecule has 0 aromatic heterocycles. The highest BCUT2D eigenvalue weighted by Crippen LogP contribution is 2.46. The Morgan fingerprint density at radius 1 is 1.25 bits per heavy atom. The van der Waals surface area contributed by atoms with Crippen LogP contribution in [0.15, 0.2) is 24.3 Å². The molecule has 90 valence electrons. The van der Waals surface area contributed by atoms with Crippen molar-refractivity contribution in [3.8, 4) is 0 Å². The minimum atomic E-state index is 0. The van der Waals surface area contributed by atoms with Gasteiger partial charge in [0, 0.05) is 3.57 Å². The van der Waals surface area contributed by atoms with E-state index in [2.05, 4.69) is 52.2 Å². The molecule has 0 atom stereocenters. The molecule has 0 bridgehead atoms. The molecule has 0 aliphatic heterocycles. The number of nitrogens with one attached hydrogen (secondary N) is 1. The summed E-state index contributed by atoms with van der Waals surface area (Å²) in [6.07, 6.45) is 5.42. The molecule has 3 heteroatoms. The van der Waals surface area contributed by atoms with Crippen LogP contribution in [-0.2, 0) is 5.41 Å². The molecule has 0 unspecified atom stereocenters. The largest absolute Gasteiger partial charge is 0.320 e. The van der Waals surface area contributed by atoms with Gasteiger partial charge >= 0.3 is 0 Å². The van der Waals surface area contributed by atoms with Gasteiger partial charge in [-0.3, -0.25) is 0 Å². The zero-order valence-corrected chi connectivity index (χ0v) is 12.6. The van der Waals surface area contributed by atoms with E-state index in [1.54, 1.807) is 5.56 Å². The summed E-state index contributed by atoms with van der Waals surface area (Å²) < 4.78 is 1.33. The molecule has 0 amide bonds. The van der Waals surface area contributed by atoms with Crippen LogP contribution < -0.4 is 5.32 Å². The molecule has 0 radical (unpaired) electrons. The molecule has 1 N–H and O–H groups in total. The van der Waals surface area contributed by atoms with Crippen LogP contribution in [0.4, 0.5) is 0 Å². The maximum Gasteiger partial charge on any atom is 0.0130 e. The third kappa shape index (κ3) is 2.90. The van der Waals surface area contributed by atoms with E-state index in [1.807, 2.05) is 7.05 Å². The minimum absolute atomic E-state index is 0. The quantitative estimate of drug-likeness (QED) is 0.815. The molecular formula is C13H19ClIN. The van der Waals surface area contributed by atoms with Crippen molar-refractivity contribution >= 4 is 35.0 Å². The van der Waals surface area contributed by atoms with Crippen molar-refractivity contribution in [3.05, 3.63) is 33.4 Å². The second-order valence-electron chi connectivity index (χ2n) is 4.49. The summed E-state index contributed by atoms with van der Waals surface area (Å²) in [5.41, 5.74) is 2.04. The lowest BCUT2D eigenvalue weighted by Gasteiger charge is -2.42. The summed E-state index contributed by atoms with van der Waals surface area (Å²) >= 11 is 2.37. The molecule has 1 aromatic rings. The van der Waals surface area contributed by atoms with Gasteiger partial charge in [0.2, 0.25) is 0 Å². The molecule has 1 aliphatic carbocycles. The van der Waals surface area contributed by atoms with Gasteiger partial charge in [-0.25, -0.2) is 0 Å². The molecule has 0 heterocycles. The van der Waals surface area contributed by atoms with Crippen LogP contribution >= 0.6 is 35.0 Å². The van der Waals surface area contributed by atoms with Crippen molar-refractivity contribution in [1.82, 2.24) is 5.32 Å². The molecule has 1 aliphatic rings. The molecule has 0 saturated heterocycles. The van der Waals surface area contributed by atoms with Gasteiger partial charge in [-0.1, -0.05) is 18.6 Å². The predicted octanol–water partition coefficient (Wildman–Crippen LogP) is 3.74. The maximum atomic E-state index is 3.27. The van der Waals surface area contributed by atoms with E-state index in [9.17, 15) is 0 Å². The van der Waals surface area contributed by atoms with Crippen molar-refractivity contribution in [3.63, 3.8) is 0 Å². The first-order valence-corrected chi connectivity index (χ1v) is 6.75. The fourth-order valence-electron chi connectivity index (χ4n) is 2.45. The highest BCUT2D eigenvalue weighted by atomic mass is 127. The first kappa shape index (κ1) is 14.3. The fourth-order valence-corrected chi connectivity index (χ4v) is 2.81. The first-order chi connectivity index (χ1) is 7.27. The summed E-state index contributed by atoms with van der Waals surface area (Å²) in [4.78, 5) is 0. The number of hydrogen-bond donors (Lipinski definition) is 1. The van der Waals surface area contributed by atoms with Crippen LogP contribution in [0.1, 0.15) is 31.2 Å². The molecule has 1 saturated carbocycles. The van der Waals surface area contributed by atoms with Crippen molar-refractivity contribution < 1.29 is 0 Å². The normalized spacial score (nSPS) is 17.4. The third-order valence-electron chi connectivity index (χ3n) is 3.62. The lowest BCUT2D eigenvalue weighted by molar-refractivity contribution is 0.225. The van der Waals surface area contributed by atoms with E-state index >= 15 is 0 Å². The average Bonchev–Trinajstić information content (AvgIpc) is 2.19. The van der Waals surface area contributed by atoms with Gasteiger partial charge in [-0.2, -0.15) is 0 Å². The second-order valence-corrected chi connectivity index (χ2v) is 5.74. The number of hydrogen-bond acceptors (Lipinski definition) is 1. The minimum Gasteiger partial charge on any atom is -0.320 e. The molecule has 1 fully saturated rings. The van der Waals surface area contributed by atoms with E-state index in [1.165, 1.54) is 29.3 Å². The summed E-state index contributed by atoms with van der Waals surface area (Å²) in [5, 5.41) is 3.27. The molecule has 0 spiro atoms. The smallest absolute Gasteiger partial charge is 0.0130 e. The molecule has 16 heavy (non-hydrogen) atoms. The Morgan fingerprint density at radius 3 is 2.31 bits per heavy atom. The molecular weight excluding hydrogens is 333 g/mol. The average molecular weight is 352 g/mol. The van der Waals surface area contributed by atoms with Crippen molar-refractivity contribution in [2.45, 2.75) is 31.1 Å². The van der Waals surface area contributed by atoms with Crippen LogP contribution in [0.3, 0.4) is 0 Å². The first-order valence-electron chi connectivity index (χ1n) is 5.67. The van der Waals surface area contributed by atoms with E-state index in [4.69, 9.17) is 0 Å². The van der Waals surface area contributed by atoms with Gasteiger partial charge in [0.25, 0.3) is 0 Å². The summed E-state index contributed by atoms with van der Waals surface area (Å²) in [5.74, 6) is 0. The lowest BCUT2D eigenvalue weighted by Crippen LogP contribution is -2.36. The predicted molar refractivity (Wildman–Crippen MR) is 80.5 cm³/mol. The van der Waals surface area contributed by atoms with Gasteiger partial charge in [-0.05, 0) is 78.6 Å². The Hall–Kier alpha value is 0.200. The standard InChI is InChI=1S/C13H18IN.ClH/c1-15-10-9-13(7-2-8-13)11-3-5-12(14)6-4-11;/h3-6,15H,2,7-10H2,1H3;1H. The number of rotatable bonds is 4. The van der Waals surface area contributed by atoms with Crippen LogP contribution in [0.25, 0.3) is 0 Å². The topological polar surface area (TPSA) is 12.0 Å². The second kappa shape index (κ2) is 6.22. The number of benzene rings is 1. The van der Waals surface area contributed by atoms with Crippen molar-refractivity contribution in [2.75, 3.05) is 13.6 Å². The van der Waals surface area contributed by atoms with Crippen LogP contribution in [-0.4, -0.2) is 13.6 Å².